The molecule has 0 fully saturated rings. The number of rotatable bonds is 6. The van der Waals surface area contributed by atoms with Crippen molar-refractivity contribution in [3.63, 3.8) is 0 Å². The molecule has 0 unspecified atom stereocenters. The molecule has 0 saturated heterocycles. The van der Waals surface area contributed by atoms with Crippen molar-refractivity contribution < 1.29 is 22.1 Å². The van der Waals surface area contributed by atoms with Crippen LogP contribution in [0.4, 0.5) is 0 Å². The van der Waals surface area contributed by atoms with E-state index in [9.17, 15) is 4.79 Å². The maximum atomic E-state index is 13.4. The van der Waals surface area contributed by atoms with Crippen LogP contribution in [0.1, 0.15) is 38.3 Å². The van der Waals surface area contributed by atoms with Gasteiger partial charge in [0.05, 0.1) is 14.1 Å². The summed E-state index contributed by atoms with van der Waals surface area (Å²) in [7, 11) is 4.26. The summed E-state index contributed by atoms with van der Waals surface area (Å²) in [5, 5.41) is 0. The normalized spacial score (nSPS) is 11.9. The van der Waals surface area contributed by atoms with Crippen LogP contribution in [0.2, 0.25) is 0 Å². The molecule has 0 bridgehead atoms. The zero-order chi connectivity index (χ0) is 17.1. The van der Waals surface area contributed by atoms with Crippen LogP contribution in [0, 0.1) is 0 Å². The van der Waals surface area contributed by atoms with Crippen LogP contribution < -0.4 is 17.3 Å². The van der Waals surface area contributed by atoms with Gasteiger partial charge in [0, 0.05) is 6.42 Å². The molecule has 0 aliphatic rings. The number of hydrogen-bond donors (Lipinski definition) is 1. The molecule has 0 heterocycles. The van der Waals surface area contributed by atoms with Gasteiger partial charge >= 0.3 is 0 Å². The lowest BCUT2D eigenvalue weighted by molar-refractivity contribution is -0.914. The van der Waals surface area contributed by atoms with Gasteiger partial charge in [-0.15, -0.1) is 0 Å². The number of quaternary nitrogens is 1. The number of carbonyl (C=O) groups excluding carboxylic acids is 1. The molecule has 0 radical (unpaired) electrons. The molecule has 3 heteroatoms. The molecule has 130 valence electrons. The Morgan fingerprint density at radius 3 is 1.54 bits per heavy atom. The van der Waals surface area contributed by atoms with Crippen LogP contribution in [0.25, 0.3) is 0 Å². The monoisotopic (exact) mass is 345 g/mol. The number of hydrogen-bond acceptors (Lipinski definition) is 1. The second-order valence-electron chi connectivity index (χ2n) is 6.88. The van der Waals surface area contributed by atoms with Crippen LogP contribution in [0.15, 0.2) is 60.7 Å². The van der Waals surface area contributed by atoms with Crippen molar-refractivity contribution in [3.8, 4) is 0 Å². The average Bonchev–Trinajstić information content (AvgIpc) is 2.57. The molecule has 0 aliphatic heterocycles. The fourth-order valence-corrected chi connectivity index (χ4v) is 3.58. The Balaban J connectivity index is 0.00000288. The molecule has 2 rings (SSSR count). The molecular weight excluding hydrogens is 318 g/mol. The molecule has 1 N–H and O–H groups in total. The Labute approximate surface area is 152 Å². The zero-order valence-corrected chi connectivity index (χ0v) is 16.0. The lowest BCUT2D eigenvalue weighted by atomic mass is 9.59. The number of halogens is 1. The van der Waals surface area contributed by atoms with Gasteiger partial charge < -0.3 is 17.3 Å². The van der Waals surface area contributed by atoms with Gasteiger partial charge in [0.1, 0.15) is 11.0 Å². The fraction of sp³-hybridized carbons (Fsp3) is 0.381. The van der Waals surface area contributed by atoms with E-state index in [1.807, 2.05) is 43.3 Å². The van der Waals surface area contributed by atoms with Crippen LogP contribution >= 0.6 is 0 Å². The van der Waals surface area contributed by atoms with Gasteiger partial charge in [-0.3, -0.25) is 4.79 Å². The topological polar surface area (TPSA) is 21.5 Å². The van der Waals surface area contributed by atoms with Crippen LogP contribution in [-0.2, 0) is 10.2 Å². The summed E-state index contributed by atoms with van der Waals surface area (Å²) in [4.78, 5) is 14.6. The molecule has 2 nitrogen and oxygen atoms in total. The van der Waals surface area contributed by atoms with Gasteiger partial charge in [-0.1, -0.05) is 67.6 Å². The number of Topliss-reactive ketones (excluding diaryl/α,β-unsaturated/α-hetero) is 1. The minimum Gasteiger partial charge on any atom is -1.00 e. The third-order valence-electron chi connectivity index (χ3n) is 5.34. The minimum absolute atomic E-state index is 0. The van der Waals surface area contributed by atoms with Gasteiger partial charge in [0.15, 0.2) is 5.78 Å². The Morgan fingerprint density at radius 2 is 1.25 bits per heavy atom. The van der Waals surface area contributed by atoms with E-state index in [1.165, 1.54) is 4.90 Å². The first-order valence-corrected chi connectivity index (χ1v) is 8.34. The number of ketones is 1. The zero-order valence-electron chi connectivity index (χ0n) is 15.3. The van der Waals surface area contributed by atoms with Crippen molar-refractivity contribution in [3.05, 3.63) is 71.8 Å². The summed E-state index contributed by atoms with van der Waals surface area (Å²) in [6.07, 6.45) is 0.514. The van der Waals surface area contributed by atoms with Crippen LogP contribution in [-0.4, -0.2) is 25.4 Å². The van der Waals surface area contributed by atoms with Crippen molar-refractivity contribution >= 4 is 5.78 Å². The lowest BCUT2D eigenvalue weighted by Crippen LogP contribution is -3.17. The predicted octanol–water partition coefficient (Wildman–Crippen LogP) is -0.121. The first kappa shape index (κ1) is 20.4. The summed E-state index contributed by atoms with van der Waals surface area (Å²) in [5.41, 5.74) is 1.19. The van der Waals surface area contributed by atoms with Crippen LogP contribution in [0.3, 0.4) is 0 Å². The molecule has 0 atom stereocenters. The standard InChI is InChI=1S/C21H27NO.ClH/c1-6-19(23)21(20(2,3)22(4)5,17-13-9-7-10-14-17)18-15-11-8-12-16-18;/h7-16H,6H2,1-5H3;1H. The highest BCUT2D eigenvalue weighted by Gasteiger charge is 2.56. The van der Waals surface area contributed by atoms with E-state index in [0.717, 1.165) is 11.1 Å². The van der Waals surface area contributed by atoms with Crippen molar-refractivity contribution in [2.24, 2.45) is 0 Å². The summed E-state index contributed by atoms with van der Waals surface area (Å²) in [6, 6.07) is 20.5. The molecule has 2 aromatic rings. The minimum atomic E-state index is -0.664. The SMILES string of the molecule is CCC(=O)C(c1ccccc1)(c1ccccc1)C(C)(C)[NH+](C)C.[Cl-]. The van der Waals surface area contributed by atoms with Gasteiger partial charge in [-0.2, -0.15) is 0 Å². The highest BCUT2D eigenvalue weighted by atomic mass is 35.5. The number of likely N-dealkylation sites (N-methyl/N-ethyl adjacent to an activating group) is 1. The van der Waals surface area contributed by atoms with Gasteiger partial charge in [-0.05, 0) is 25.0 Å². The van der Waals surface area contributed by atoms with Crippen LogP contribution in [0.5, 0.6) is 0 Å². The first-order chi connectivity index (χ1) is 10.9. The summed E-state index contributed by atoms with van der Waals surface area (Å²) < 4.78 is 0. The number of benzene rings is 2. The largest absolute Gasteiger partial charge is 1.00 e. The Bertz CT molecular complexity index is 611. The first-order valence-electron chi connectivity index (χ1n) is 8.34. The molecule has 2 aromatic carbocycles. The second-order valence-corrected chi connectivity index (χ2v) is 6.88. The Morgan fingerprint density at radius 1 is 0.875 bits per heavy atom. The molecule has 0 saturated carbocycles. The highest BCUT2D eigenvalue weighted by Crippen LogP contribution is 2.42. The van der Waals surface area contributed by atoms with Gasteiger partial charge in [0.25, 0.3) is 0 Å². The summed E-state index contributed by atoms with van der Waals surface area (Å²) in [5.74, 6) is 0.265. The smallest absolute Gasteiger partial charge is 0.153 e. The van der Waals surface area contributed by atoms with Crippen molar-refractivity contribution in [2.75, 3.05) is 14.1 Å². The maximum absolute atomic E-state index is 13.4. The predicted molar refractivity (Wildman–Crippen MR) is 95.9 cm³/mol. The summed E-state index contributed by atoms with van der Waals surface area (Å²) >= 11 is 0. The van der Waals surface area contributed by atoms with E-state index in [1.54, 1.807) is 0 Å². The molecular formula is C21H28ClNO. The number of nitrogens with one attached hydrogen (secondary N) is 1. The van der Waals surface area contributed by atoms with E-state index >= 15 is 0 Å². The number of carbonyl (C=O) groups is 1. The average molecular weight is 346 g/mol. The quantitative estimate of drug-likeness (QED) is 0.774. The summed E-state index contributed by atoms with van der Waals surface area (Å²) in [6.45, 7) is 6.34. The van der Waals surface area contributed by atoms with Crippen molar-refractivity contribution in [1.82, 2.24) is 0 Å². The molecule has 0 amide bonds. The molecule has 24 heavy (non-hydrogen) atoms. The third-order valence-corrected chi connectivity index (χ3v) is 5.34. The van der Waals surface area contributed by atoms with E-state index in [2.05, 4.69) is 52.2 Å². The lowest BCUT2D eigenvalue weighted by Gasteiger charge is -2.47. The second kappa shape index (κ2) is 7.96. The van der Waals surface area contributed by atoms with E-state index in [-0.39, 0.29) is 23.7 Å². The van der Waals surface area contributed by atoms with E-state index in [0.29, 0.717) is 6.42 Å². The highest BCUT2D eigenvalue weighted by molar-refractivity contribution is 5.95. The maximum Gasteiger partial charge on any atom is 0.153 e. The molecule has 0 spiro atoms. The van der Waals surface area contributed by atoms with Gasteiger partial charge in [-0.25, -0.2) is 0 Å². The molecule has 0 aromatic heterocycles. The third kappa shape index (κ3) is 3.13. The Kier molecular flexibility index (Phi) is 6.76. The van der Waals surface area contributed by atoms with E-state index < -0.39 is 5.41 Å². The Hall–Kier alpha value is -1.64. The van der Waals surface area contributed by atoms with E-state index in [4.69, 9.17) is 0 Å². The van der Waals surface area contributed by atoms with Crippen molar-refractivity contribution in [1.29, 1.82) is 0 Å². The molecule has 0 aliphatic carbocycles. The van der Waals surface area contributed by atoms with Crippen molar-refractivity contribution in [2.45, 2.75) is 38.1 Å². The fourth-order valence-electron chi connectivity index (χ4n) is 3.58. The van der Waals surface area contributed by atoms with Gasteiger partial charge in [0.2, 0.25) is 0 Å².